The van der Waals surface area contributed by atoms with Crippen LogP contribution in [0.4, 0.5) is 0 Å². The van der Waals surface area contributed by atoms with Crippen LogP contribution < -0.4 is 5.43 Å². The van der Waals surface area contributed by atoms with Crippen molar-refractivity contribution in [1.29, 1.82) is 0 Å². The number of aliphatic carboxylic acids is 1. The zero-order chi connectivity index (χ0) is 9.68. The van der Waals surface area contributed by atoms with E-state index in [4.69, 9.17) is 5.11 Å². The highest BCUT2D eigenvalue weighted by Gasteiger charge is 1.87. The second-order valence-corrected chi connectivity index (χ2v) is 2.47. The Balaban J connectivity index is 2.60. The third-order valence-corrected chi connectivity index (χ3v) is 1.44. The third kappa shape index (κ3) is 3.37. The average molecular weight is 179 g/mol. The van der Waals surface area contributed by atoms with E-state index in [9.17, 15) is 9.59 Å². The Morgan fingerprint density at radius 1 is 1.46 bits per heavy atom. The minimum absolute atomic E-state index is 0.0570. The Morgan fingerprint density at radius 3 is 2.62 bits per heavy atom. The van der Waals surface area contributed by atoms with Crippen molar-refractivity contribution in [3.8, 4) is 0 Å². The van der Waals surface area contributed by atoms with Gasteiger partial charge in [-0.25, -0.2) is 4.79 Å². The highest BCUT2D eigenvalue weighted by atomic mass is 16.4. The Hall–Kier alpha value is -1.84. The van der Waals surface area contributed by atoms with E-state index in [2.05, 4.69) is 0 Å². The van der Waals surface area contributed by atoms with Crippen LogP contribution in [0.25, 0.3) is 0 Å². The Morgan fingerprint density at radius 2 is 2.08 bits per heavy atom. The zero-order valence-electron chi connectivity index (χ0n) is 6.88. The summed E-state index contributed by atoms with van der Waals surface area (Å²) in [5.41, 5.74) is -0.0570. The van der Waals surface area contributed by atoms with Crippen LogP contribution in [-0.2, 0) is 11.3 Å². The van der Waals surface area contributed by atoms with Crippen LogP contribution in [0.3, 0.4) is 0 Å². The molecule has 0 saturated heterocycles. The number of carboxylic acids is 1. The summed E-state index contributed by atoms with van der Waals surface area (Å²) in [4.78, 5) is 20.8. The Bertz CT molecular complexity index is 358. The summed E-state index contributed by atoms with van der Waals surface area (Å²) in [7, 11) is 0. The number of nitrogens with zero attached hydrogens (tertiary/aromatic N) is 1. The molecule has 0 bridgehead atoms. The molecule has 0 fully saturated rings. The van der Waals surface area contributed by atoms with Crippen molar-refractivity contribution in [3.63, 3.8) is 0 Å². The van der Waals surface area contributed by atoms with E-state index in [-0.39, 0.29) is 5.43 Å². The van der Waals surface area contributed by atoms with Gasteiger partial charge in [0, 0.05) is 37.1 Å². The fraction of sp³-hybridized carbons (Fsp3) is 0.111. The minimum atomic E-state index is -0.971. The summed E-state index contributed by atoms with van der Waals surface area (Å²) in [6.45, 7) is 0.451. The average Bonchev–Trinajstić information content (AvgIpc) is 2.08. The van der Waals surface area contributed by atoms with Crippen LogP contribution in [0, 0.1) is 0 Å². The summed E-state index contributed by atoms with van der Waals surface area (Å²) in [6, 6.07) is 2.85. The number of hydrogen-bond donors (Lipinski definition) is 1. The smallest absolute Gasteiger partial charge is 0.328 e. The molecule has 1 rings (SSSR count). The van der Waals surface area contributed by atoms with Gasteiger partial charge < -0.3 is 9.67 Å². The first kappa shape index (κ1) is 9.25. The molecule has 0 radical (unpaired) electrons. The quantitative estimate of drug-likeness (QED) is 0.687. The highest BCUT2D eigenvalue weighted by Crippen LogP contribution is 1.85. The molecule has 1 aromatic rings. The predicted octanol–water partition coefficient (Wildman–Crippen LogP) is 0.489. The van der Waals surface area contributed by atoms with Gasteiger partial charge in [0.05, 0.1) is 0 Å². The molecule has 0 atom stereocenters. The lowest BCUT2D eigenvalue weighted by atomic mass is 10.4. The minimum Gasteiger partial charge on any atom is -0.478 e. The van der Waals surface area contributed by atoms with E-state index in [1.54, 1.807) is 17.0 Å². The van der Waals surface area contributed by atoms with Gasteiger partial charge in [-0.1, -0.05) is 6.08 Å². The first-order valence-corrected chi connectivity index (χ1v) is 3.74. The molecule has 0 amide bonds. The van der Waals surface area contributed by atoms with Gasteiger partial charge in [-0.2, -0.15) is 0 Å². The molecule has 0 spiro atoms. The summed E-state index contributed by atoms with van der Waals surface area (Å²) < 4.78 is 1.71. The van der Waals surface area contributed by atoms with Crippen molar-refractivity contribution in [2.45, 2.75) is 6.54 Å². The van der Waals surface area contributed by atoms with E-state index in [0.29, 0.717) is 6.54 Å². The van der Waals surface area contributed by atoms with Crippen LogP contribution >= 0.6 is 0 Å². The summed E-state index contributed by atoms with van der Waals surface area (Å²) in [5, 5.41) is 8.29. The van der Waals surface area contributed by atoms with Gasteiger partial charge in [-0.05, 0) is 0 Å². The monoisotopic (exact) mass is 179 g/mol. The van der Waals surface area contributed by atoms with Gasteiger partial charge >= 0.3 is 5.97 Å². The molecule has 0 aliphatic rings. The highest BCUT2D eigenvalue weighted by molar-refractivity contribution is 5.79. The van der Waals surface area contributed by atoms with Crippen molar-refractivity contribution < 1.29 is 9.90 Å². The molecular formula is C9H9NO3. The van der Waals surface area contributed by atoms with Crippen molar-refractivity contribution in [2.24, 2.45) is 0 Å². The van der Waals surface area contributed by atoms with Crippen LogP contribution in [0.2, 0.25) is 0 Å². The second kappa shape index (κ2) is 4.25. The lowest BCUT2D eigenvalue weighted by molar-refractivity contribution is -0.131. The predicted molar refractivity (Wildman–Crippen MR) is 47.5 cm³/mol. The van der Waals surface area contributed by atoms with E-state index < -0.39 is 5.97 Å². The Labute approximate surface area is 74.7 Å². The van der Waals surface area contributed by atoms with E-state index in [1.807, 2.05) is 0 Å². The molecule has 13 heavy (non-hydrogen) atoms. The van der Waals surface area contributed by atoms with E-state index >= 15 is 0 Å². The van der Waals surface area contributed by atoms with Gasteiger partial charge in [0.2, 0.25) is 0 Å². The lowest BCUT2D eigenvalue weighted by Crippen LogP contribution is -2.02. The number of aromatic nitrogens is 1. The van der Waals surface area contributed by atoms with Gasteiger partial charge in [-0.15, -0.1) is 0 Å². The first-order valence-electron chi connectivity index (χ1n) is 3.74. The van der Waals surface area contributed by atoms with E-state index in [0.717, 1.165) is 6.08 Å². The first-order chi connectivity index (χ1) is 6.18. The van der Waals surface area contributed by atoms with Crippen LogP contribution in [0.15, 0.2) is 41.5 Å². The zero-order valence-corrected chi connectivity index (χ0v) is 6.88. The molecule has 0 aromatic carbocycles. The topological polar surface area (TPSA) is 59.3 Å². The molecular weight excluding hydrogens is 170 g/mol. The number of hydrogen-bond acceptors (Lipinski definition) is 2. The van der Waals surface area contributed by atoms with Gasteiger partial charge in [0.25, 0.3) is 0 Å². The van der Waals surface area contributed by atoms with E-state index in [1.165, 1.54) is 18.2 Å². The fourth-order valence-electron chi connectivity index (χ4n) is 0.841. The molecule has 1 aromatic heterocycles. The molecule has 4 heteroatoms. The second-order valence-electron chi connectivity index (χ2n) is 2.47. The molecule has 0 saturated carbocycles. The third-order valence-electron chi connectivity index (χ3n) is 1.44. The molecule has 0 aliphatic carbocycles. The van der Waals surface area contributed by atoms with Gasteiger partial charge in [0.1, 0.15) is 0 Å². The fourth-order valence-corrected chi connectivity index (χ4v) is 0.841. The number of allylic oxidation sites excluding steroid dienone is 1. The maximum absolute atomic E-state index is 10.7. The number of carboxylic acid groups (broad SMARTS) is 1. The summed E-state index contributed by atoms with van der Waals surface area (Å²) >= 11 is 0. The normalized spacial score (nSPS) is 10.5. The Kier molecular flexibility index (Phi) is 3.03. The van der Waals surface area contributed by atoms with Crippen molar-refractivity contribution in [3.05, 3.63) is 46.9 Å². The largest absolute Gasteiger partial charge is 0.478 e. The standard InChI is InChI=1S/C9H9NO3/c11-8-3-6-10(7-4-8)5-1-2-9(12)13/h1-4,6-7H,5H2,(H,12,13)/b2-1+. The number of carbonyl (C=O) groups is 1. The van der Waals surface area contributed by atoms with Gasteiger partial charge in [-0.3, -0.25) is 4.79 Å². The molecule has 1 heterocycles. The number of pyridine rings is 1. The number of rotatable bonds is 3. The van der Waals surface area contributed by atoms with Gasteiger partial charge in [0.15, 0.2) is 5.43 Å². The van der Waals surface area contributed by atoms with Crippen molar-refractivity contribution >= 4 is 5.97 Å². The van der Waals surface area contributed by atoms with Crippen LogP contribution in [0.5, 0.6) is 0 Å². The molecule has 0 unspecified atom stereocenters. The maximum atomic E-state index is 10.7. The molecule has 4 nitrogen and oxygen atoms in total. The van der Waals surface area contributed by atoms with Crippen molar-refractivity contribution in [2.75, 3.05) is 0 Å². The van der Waals surface area contributed by atoms with Crippen molar-refractivity contribution in [1.82, 2.24) is 4.57 Å². The molecule has 1 N–H and O–H groups in total. The summed E-state index contributed by atoms with van der Waals surface area (Å²) in [5.74, 6) is -0.971. The summed E-state index contributed by atoms with van der Waals surface area (Å²) in [6.07, 6.45) is 5.79. The molecule has 68 valence electrons. The lowest BCUT2D eigenvalue weighted by Gasteiger charge is -1.98. The maximum Gasteiger partial charge on any atom is 0.328 e. The van der Waals surface area contributed by atoms with Crippen LogP contribution in [0.1, 0.15) is 0 Å². The SMILES string of the molecule is O=C(O)/C=C/Cn1ccc(=O)cc1. The van der Waals surface area contributed by atoms with Crippen LogP contribution in [-0.4, -0.2) is 15.6 Å². The molecule has 0 aliphatic heterocycles.